The van der Waals surface area contributed by atoms with Crippen LogP contribution in [0.3, 0.4) is 0 Å². The van der Waals surface area contributed by atoms with Crippen molar-refractivity contribution < 1.29 is 19.5 Å². The number of hydrogen-bond acceptors (Lipinski definition) is 4. The van der Waals surface area contributed by atoms with Gasteiger partial charge in [0.05, 0.1) is 5.52 Å². The van der Waals surface area contributed by atoms with Crippen LogP contribution >= 0.6 is 0 Å². The molecule has 1 aliphatic heterocycles. The van der Waals surface area contributed by atoms with Crippen LogP contribution in [0.25, 0.3) is 10.9 Å². The Hall–Kier alpha value is -2.96. The summed E-state index contributed by atoms with van der Waals surface area (Å²) in [6.45, 7) is 0.450. The molecule has 0 radical (unpaired) electrons. The minimum absolute atomic E-state index is 0.0208. The van der Waals surface area contributed by atoms with Crippen molar-refractivity contribution in [1.82, 2.24) is 15.2 Å². The second-order valence-corrected chi connectivity index (χ2v) is 7.51. The molecule has 0 saturated carbocycles. The van der Waals surface area contributed by atoms with Crippen molar-refractivity contribution in [3.05, 3.63) is 42.1 Å². The Morgan fingerprint density at radius 2 is 2.00 bits per heavy atom. The molecule has 7 nitrogen and oxygen atoms in total. The molecule has 1 aromatic carbocycles. The van der Waals surface area contributed by atoms with Crippen LogP contribution in [0.5, 0.6) is 0 Å². The number of nitrogens with one attached hydrogen (secondary N) is 1. The number of carbonyl (C=O) groups is 3. The molecule has 1 fully saturated rings. The molecule has 28 heavy (non-hydrogen) atoms. The molecule has 2 N–H and O–H groups in total. The van der Waals surface area contributed by atoms with E-state index in [2.05, 4.69) is 10.3 Å². The molecule has 148 valence electrons. The largest absolute Gasteiger partial charge is 0.481 e. The van der Waals surface area contributed by atoms with Gasteiger partial charge in [-0.2, -0.15) is 0 Å². The first-order chi connectivity index (χ1) is 13.4. The highest BCUT2D eigenvalue weighted by molar-refractivity contribution is 5.81. The van der Waals surface area contributed by atoms with Gasteiger partial charge >= 0.3 is 5.97 Å². The van der Waals surface area contributed by atoms with E-state index in [1.807, 2.05) is 30.3 Å². The van der Waals surface area contributed by atoms with Crippen molar-refractivity contribution in [2.75, 3.05) is 7.05 Å². The minimum atomic E-state index is -0.896. The van der Waals surface area contributed by atoms with E-state index in [4.69, 9.17) is 5.11 Å². The number of rotatable bonds is 8. The van der Waals surface area contributed by atoms with Gasteiger partial charge in [-0.1, -0.05) is 18.2 Å². The number of benzene rings is 1. The van der Waals surface area contributed by atoms with E-state index in [9.17, 15) is 14.4 Å². The van der Waals surface area contributed by atoms with E-state index in [0.29, 0.717) is 32.2 Å². The van der Waals surface area contributed by atoms with Gasteiger partial charge in [-0.3, -0.25) is 19.4 Å². The van der Waals surface area contributed by atoms with Gasteiger partial charge in [-0.15, -0.1) is 0 Å². The first-order valence-corrected chi connectivity index (χ1v) is 9.47. The standard InChI is InChI=1S/C21H25N3O4/c1-24(14-15-12-16-4-2-3-5-17(16)22-13-15)19(26)7-10-21(11-8-20(27)28)9-6-18(25)23-21/h2-5,12-13H,6-11,14H2,1H3,(H,23,25)(H,27,28)/t21-/m0/s1. The van der Waals surface area contributed by atoms with Crippen LogP contribution in [0.15, 0.2) is 36.5 Å². The van der Waals surface area contributed by atoms with Gasteiger partial charge in [-0.05, 0) is 37.0 Å². The summed E-state index contributed by atoms with van der Waals surface area (Å²) in [6, 6.07) is 9.85. The van der Waals surface area contributed by atoms with Crippen LogP contribution in [0.2, 0.25) is 0 Å². The monoisotopic (exact) mass is 383 g/mol. The summed E-state index contributed by atoms with van der Waals surface area (Å²) in [5, 5.41) is 12.9. The van der Waals surface area contributed by atoms with E-state index >= 15 is 0 Å². The number of pyridine rings is 1. The third-order valence-electron chi connectivity index (χ3n) is 5.36. The molecular formula is C21H25N3O4. The quantitative estimate of drug-likeness (QED) is 0.730. The van der Waals surface area contributed by atoms with E-state index in [1.165, 1.54) is 0 Å². The van der Waals surface area contributed by atoms with E-state index in [1.54, 1.807) is 18.1 Å². The number of fused-ring (bicyclic) bond motifs is 1. The number of amides is 2. The molecule has 3 rings (SSSR count). The van der Waals surface area contributed by atoms with Gasteiger partial charge in [0.25, 0.3) is 0 Å². The summed E-state index contributed by atoms with van der Waals surface area (Å²) in [5.74, 6) is -1.01. The predicted octanol–water partition coefficient (Wildman–Crippen LogP) is 2.49. The number of carboxylic acid groups (broad SMARTS) is 1. The average Bonchev–Trinajstić information content (AvgIpc) is 3.05. The van der Waals surface area contributed by atoms with Crippen LogP contribution < -0.4 is 5.32 Å². The van der Waals surface area contributed by atoms with Gasteiger partial charge in [0.1, 0.15) is 0 Å². The maximum absolute atomic E-state index is 12.6. The summed E-state index contributed by atoms with van der Waals surface area (Å²) in [5.41, 5.74) is 1.28. The fraction of sp³-hybridized carbons (Fsp3) is 0.429. The molecule has 0 unspecified atom stereocenters. The second-order valence-electron chi connectivity index (χ2n) is 7.51. The Labute approximate surface area is 163 Å². The second kappa shape index (κ2) is 8.37. The van der Waals surface area contributed by atoms with E-state index in [-0.39, 0.29) is 24.7 Å². The lowest BCUT2D eigenvalue weighted by atomic mass is 9.86. The molecular weight excluding hydrogens is 358 g/mol. The van der Waals surface area contributed by atoms with Gasteiger partial charge in [-0.25, -0.2) is 0 Å². The number of nitrogens with zero attached hydrogens (tertiary/aromatic N) is 2. The highest BCUT2D eigenvalue weighted by atomic mass is 16.4. The maximum Gasteiger partial charge on any atom is 0.303 e. The Kier molecular flexibility index (Phi) is 5.92. The Morgan fingerprint density at radius 3 is 2.71 bits per heavy atom. The fourth-order valence-electron chi connectivity index (χ4n) is 3.72. The number of aromatic nitrogens is 1. The Morgan fingerprint density at radius 1 is 1.25 bits per heavy atom. The Bertz CT molecular complexity index is 898. The SMILES string of the molecule is CN(Cc1cnc2ccccc2c1)C(=O)CC[C@]1(CCC(=O)O)CCC(=O)N1. The van der Waals surface area contributed by atoms with Gasteiger partial charge < -0.3 is 15.3 Å². The molecule has 1 aromatic heterocycles. The van der Waals surface area contributed by atoms with Crippen molar-refractivity contribution in [3.8, 4) is 0 Å². The molecule has 2 amide bonds. The zero-order chi connectivity index (χ0) is 20.1. The first-order valence-electron chi connectivity index (χ1n) is 9.47. The molecule has 0 aliphatic carbocycles. The van der Waals surface area contributed by atoms with E-state index in [0.717, 1.165) is 16.5 Å². The molecule has 7 heteroatoms. The lowest BCUT2D eigenvalue weighted by Gasteiger charge is -2.29. The predicted molar refractivity (Wildman–Crippen MR) is 104 cm³/mol. The van der Waals surface area contributed by atoms with Crippen molar-refractivity contribution in [1.29, 1.82) is 0 Å². The Balaban J connectivity index is 1.59. The average molecular weight is 383 g/mol. The zero-order valence-corrected chi connectivity index (χ0v) is 16.0. The van der Waals surface area contributed by atoms with Crippen molar-refractivity contribution in [3.63, 3.8) is 0 Å². The topological polar surface area (TPSA) is 99.6 Å². The molecule has 0 spiro atoms. The number of carbonyl (C=O) groups excluding carboxylic acids is 2. The van der Waals surface area contributed by atoms with Gasteiger partial charge in [0, 0.05) is 50.0 Å². The summed E-state index contributed by atoms with van der Waals surface area (Å²) < 4.78 is 0. The highest BCUT2D eigenvalue weighted by Crippen LogP contribution is 2.30. The smallest absolute Gasteiger partial charge is 0.303 e. The molecule has 1 atom stereocenters. The van der Waals surface area contributed by atoms with Crippen LogP contribution in [0, 0.1) is 0 Å². The lowest BCUT2D eigenvalue weighted by Crippen LogP contribution is -2.43. The van der Waals surface area contributed by atoms with Crippen molar-refractivity contribution in [2.24, 2.45) is 0 Å². The van der Waals surface area contributed by atoms with E-state index < -0.39 is 11.5 Å². The van der Waals surface area contributed by atoms with Crippen LogP contribution in [-0.2, 0) is 20.9 Å². The number of para-hydroxylation sites is 1. The lowest BCUT2D eigenvalue weighted by molar-refractivity contribution is -0.137. The number of carboxylic acids is 1. The third kappa shape index (κ3) is 4.85. The third-order valence-corrected chi connectivity index (χ3v) is 5.36. The number of hydrogen-bond donors (Lipinski definition) is 2. The van der Waals surface area contributed by atoms with Crippen LogP contribution in [-0.4, -0.2) is 45.4 Å². The molecule has 1 saturated heterocycles. The summed E-state index contributed by atoms with van der Waals surface area (Å²) in [4.78, 5) is 41.3. The van der Waals surface area contributed by atoms with Crippen LogP contribution in [0.4, 0.5) is 0 Å². The highest BCUT2D eigenvalue weighted by Gasteiger charge is 2.38. The molecule has 1 aliphatic rings. The summed E-state index contributed by atoms with van der Waals surface area (Å²) >= 11 is 0. The van der Waals surface area contributed by atoms with Gasteiger partial charge in [0.15, 0.2) is 0 Å². The maximum atomic E-state index is 12.6. The van der Waals surface area contributed by atoms with Crippen molar-refractivity contribution in [2.45, 2.75) is 50.6 Å². The molecule has 0 bridgehead atoms. The summed E-state index contributed by atoms with van der Waals surface area (Å²) in [6.07, 6.45) is 3.77. The van der Waals surface area contributed by atoms with Crippen molar-refractivity contribution >= 4 is 28.7 Å². The summed E-state index contributed by atoms with van der Waals surface area (Å²) in [7, 11) is 1.74. The number of aliphatic carboxylic acids is 1. The molecule has 2 aromatic rings. The fourth-order valence-corrected chi connectivity index (χ4v) is 3.72. The normalized spacial score (nSPS) is 18.8. The van der Waals surface area contributed by atoms with Gasteiger partial charge in [0.2, 0.25) is 11.8 Å². The molecule has 2 heterocycles. The van der Waals surface area contributed by atoms with Crippen LogP contribution in [0.1, 0.15) is 44.1 Å². The zero-order valence-electron chi connectivity index (χ0n) is 16.0. The minimum Gasteiger partial charge on any atom is -0.481 e. The first kappa shape index (κ1) is 19.8.